The quantitative estimate of drug-likeness (QED) is 0.464. The van der Waals surface area contributed by atoms with Crippen LogP contribution < -0.4 is 5.73 Å². The minimum Gasteiger partial charge on any atom is -0.388 e. The number of alkyl halides is 1. The Morgan fingerprint density at radius 1 is 1.46 bits per heavy atom. The van der Waals surface area contributed by atoms with Crippen molar-refractivity contribution in [3.8, 4) is 0 Å². The average Bonchev–Trinajstić information content (AvgIpc) is 2.87. The summed E-state index contributed by atoms with van der Waals surface area (Å²) in [5.41, 5.74) is 5.27. The maximum atomic E-state index is 11.9. The fraction of sp³-hybridized carbons (Fsp3) is 0.889. The zero-order chi connectivity index (χ0) is 9.68. The van der Waals surface area contributed by atoms with Gasteiger partial charge in [-0.1, -0.05) is 0 Å². The highest BCUT2D eigenvalue weighted by Crippen LogP contribution is 2.26. The third-order valence-electron chi connectivity index (χ3n) is 2.31. The third kappa shape index (κ3) is 4.22. The highest BCUT2D eigenvalue weighted by Gasteiger charge is 2.27. The second-order valence-corrected chi connectivity index (χ2v) is 3.58. The number of nitrogens with one attached hydrogen (secondary N) is 1. The smallest absolute Gasteiger partial charge is 0.0918 e. The summed E-state index contributed by atoms with van der Waals surface area (Å²) in [5.74, 6) is 0.228. The molecule has 0 spiro atoms. The Balaban J connectivity index is 2.17. The van der Waals surface area contributed by atoms with E-state index < -0.39 is 0 Å². The molecule has 0 aromatic carbocycles. The van der Waals surface area contributed by atoms with E-state index in [0.717, 1.165) is 13.1 Å². The summed E-state index contributed by atoms with van der Waals surface area (Å²) in [5, 5.41) is 7.10. The van der Waals surface area contributed by atoms with Crippen molar-refractivity contribution in [1.82, 2.24) is 4.90 Å². The molecule has 0 amide bonds. The molecule has 3 nitrogen and oxygen atoms in total. The lowest BCUT2D eigenvalue weighted by Gasteiger charge is -2.20. The van der Waals surface area contributed by atoms with E-state index in [1.807, 2.05) is 0 Å². The molecular weight excluding hydrogens is 169 g/mol. The Bertz CT molecular complexity index is 168. The van der Waals surface area contributed by atoms with Crippen LogP contribution in [-0.2, 0) is 0 Å². The zero-order valence-electron chi connectivity index (χ0n) is 7.93. The highest BCUT2D eigenvalue weighted by atomic mass is 19.1. The molecule has 0 aliphatic heterocycles. The van der Waals surface area contributed by atoms with Gasteiger partial charge in [-0.25, -0.2) is 0 Å². The SMILES string of the molecule is N=C(N)CCN(CCCF)C1CC1. The van der Waals surface area contributed by atoms with Crippen molar-refractivity contribution in [3.63, 3.8) is 0 Å². The van der Waals surface area contributed by atoms with Crippen LogP contribution in [0.5, 0.6) is 0 Å². The Labute approximate surface area is 78.6 Å². The maximum absolute atomic E-state index is 11.9. The zero-order valence-corrected chi connectivity index (χ0v) is 7.93. The number of rotatable bonds is 7. The summed E-state index contributed by atoms with van der Waals surface area (Å²) in [4.78, 5) is 2.25. The van der Waals surface area contributed by atoms with E-state index in [4.69, 9.17) is 11.1 Å². The fourth-order valence-corrected chi connectivity index (χ4v) is 1.44. The van der Waals surface area contributed by atoms with Crippen molar-refractivity contribution < 1.29 is 4.39 Å². The summed E-state index contributed by atoms with van der Waals surface area (Å²) in [6.45, 7) is 1.39. The minimum absolute atomic E-state index is 0.228. The van der Waals surface area contributed by atoms with Gasteiger partial charge in [-0.05, 0) is 19.3 Å². The van der Waals surface area contributed by atoms with Gasteiger partial charge in [0.25, 0.3) is 0 Å². The fourth-order valence-electron chi connectivity index (χ4n) is 1.44. The third-order valence-corrected chi connectivity index (χ3v) is 2.31. The lowest BCUT2D eigenvalue weighted by Crippen LogP contribution is -2.31. The van der Waals surface area contributed by atoms with Gasteiger partial charge >= 0.3 is 0 Å². The van der Waals surface area contributed by atoms with Gasteiger partial charge in [-0.3, -0.25) is 14.7 Å². The highest BCUT2D eigenvalue weighted by molar-refractivity contribution is 5.76. The predicted octanol–water partition coefficient (Wildman–Crippen LogP) is 1.14. The van der Waals surface area contributed by atoms with Crippen LogP contribution in [0.3, 0.4) is 0 Å². The van der Waals surface area contributed by atoms with Crippen molar-refractivity contribution in [2.24, 2.45) is 5.73 Å². The predicted molar refractivity (Wildman–Crippen MR) is 51.7 cm³/mol. The Kier molecular flexibility index (Phi) is 4.15. The molecule has 3 N–H and O–H groups in total. The molecule has 0 radical (unpaired) electrons. The van der Waals surface area contributed by atoms with Crippen molar-refractivity contribution >= 4 is 5.84 Å². The van der Waals surface area contributed by atoms with Crippen LogP contribution in [0.4, 0.5) is 4.39 Å². The van der Waals surface area contributed by atoms with Crippen LogP contribution in [0, 0.1) is 5.41 Å². The van der Waals surface area contributed by atoms with E-state index >= 15 is 0 Å². The molecule has 13 heavy (non-hydrogen) atoms. The molecule has 1 aliphatic carbocycles. The van der Waals surface area contributed by atoms with Crippen molar-refractivity contribution in [2.45, 2.75) is 31.7 Å². The molecule has 0 bridgehead atoms. The van der Waals surface area contributed by atoms with Crippen LogP contribution in [0.2, 0.25) is 0 Å². The van der Waals surface area contributed by atoms with Gasteiger partial charge in [0.2, 0.25) is 0 Å². The molecule has 0 aromatic rings. The molecule has 1 fully saturated rings. The van der Waals surface area contributed by atoms with E-state index in [0.29, 0.717) is 18.9 Å². The number of hydrogen-bond donors (Lipinski definition) is 2. The first-order valence-electron chi connectivity index (χ1n) is 4.87. The molecule has 4 heteroatoms. The number of nitrogens with zero attached hydrogens (tertiary/aromatic N) is 1. The lowest BCUT2D eigenvalue weighted by atomic mass is 10.3. The van der Waals surface area contributed by atoms with E-state index in [9.17, 15) is 4.39 Å². The van der Waals surface area contributed by atoms with Crippen LogP contribution in [0.25, 0.3) is 0 Å². The van der Waals surface area contributed by atoms with Crippen molar-refractivity contribution in [3.05, 3.63) is 0 Å². The molecule has 0 atom stereocenters. The second-order valence-electron chi connectivity index (χ2n) is 3.58. The molecule has 0 saturated heterocycles. The van der Waals surface area contributed by atoms with Gasteiger partial charge in [-0.2, -0.15) is 0 Å². The summed E-state index contributed by atoms with van der Waals surface area (Å²) in [7, 11) is 0. The monoisotopic (exact) mass is 187 g/mol. The number of halogens is 1. The van der Waals surface area contributed by atoms with Crippen molar-refractivity contribution in [2.75, 3.05) is 19.8 Å². The molecule has 0 aromatic heterocycles. The topological polar surface area (TPSA) is 53.1 Å². The van der Waals surface area contributed by atoms with E-state index in [-0.39, 0.29) is 12.5 Å². The molecule has 0 heterocycles. The van der Waals surface area contributed by atoms with Crippen molar-refractivity contribution in [1.29, 1.82) is 5.41 Å². The van der Waals surface area contributed by atoms with Gasteiger partial charge in [0.05, 0.1) is 12.5 Å². The molecule has 76 valence electrons. The molecule has 1 saturated carbocycles. The Morgan fingerprint density at radius 3 is 2.62 bits per heavy atom. The number of amidine groups is 1. The van der Waals surface area contributed by atoms with E-state index in [2.05, 4.69) is 4.90 Å². The van der Waals surface area contributed by atoms with Crippen LogP contribution in [0.15, 0.2) is 0 Å². The average molecular weight is 187 g/mol. The molecule has 1 aliphatic rings. The van der Waals surface area contributed by atoms with Crippen LogP contribution in [-0.4, -0.2) is 36.5 Å². The van der Waals surface area contributed by atoms with Gasteiger partial charge in [0.1, 0.15) is 0 Å². The second kappa shape index (κ2) is 5.17. The Morgan fingerprint density at radius 2 is 2.15 bits per heavy atom. The van der Waals surface area contributed by atoms with Gasteiger partial charge < -0.3 is 5.73 Å². The summed E-state index contributed by atoms with van der Waals surface area (Å²) >= 11 is 0. The largest absolute Gasteiger partial charge is 0.388 e. The summed E-state index contributed by atoms with van der Waals surface area (Å²) in [6.07, 6.45) is 3.67. The van der Waals surface area contributed by atoms with Crippen LogP contribution >= 0.6 is 0 Å². The number of nitrogens with two attached hydrogens (primary N) is 1. The molecular formula is C9H18FN3. The first-order valence-corrected chi connectivity index (χ1v) is 4.87. The summed E-state index contributed by atoms with van der Waals surface area (Å²) in [6, 6.07) is 0.644. The number of hydrogen-bond acceptors (Lipinski definition) is 2. The maximum Gasteiger partial charge on any atom is 0.0918 e. The first kappa shape index (κ1) is 10.4. The standard InChI is InChI=1S/C9H18FN3/c10-5-1-6-13(8-2-3-8)7-4-9(11)12/h8H,1-7H2,(H3,11,12). The Hall–Kier alpha value is -0.640. The minimum atomic E-state index is -0.247. The van der Waals surface area contributed by atoms with E-state index in [1.54, 1.807) is 0 Å². The molecule has 0 unspecified atom stereocenters. The van der Waals surface area contributed by atoms with Crippen LogP contribution in [0.1, 0.15) is 25.7 Å². The molecule has 1 rings (SSSR count). The van der Waals surface area contributed by atoms with E-state index in [1.165, 1.54) is 12.8 Å². The van der Waals surface area contributed by atoms with Gasteiger partial charge in [-0.15, -0.1) is 0 Å². The normalized spacial score (nSPS) is 16.5. The van der Waals surface area contributed by atoms with Gasteiger partial charge in [0, 0.05) is 25.6 Å². The lowest BCUT2D eigenvalue weighted by molar-refractivity contribution is 0.255. The first-order chi connectivity index (χ1) is 6.24. The van der Waals surface area contributed by atoms with Gasteiger partial charge in [0.15, 0.2) is 0 Å². The summed E-state index contributed by atoms with van der Waals surface area (Å²) < 4.78 is 11.9.